The van der Waals surface area contributed by atoms with Crippen LogP contribution in [0.3, 0.4) is 0 Å². The van der Waals surface area contributed by atoms with Gasteiger partial charge in [0.25, 0.3) is 0 Å². The average molecular weight is 237 g/mol. The van der Waals surface area contributed by atoms with Crippen molar-refractivity contribution >= 4 is 11.9 Å². The van der Waals surface area contributed by atoms with E-state index in [1.165, 1.54) is 6.92 Å². The van der Waals surface area contributed by atoms with E-state index >= 15 is 0 Å². The first-order valence-electron chi connectivity index (χ1n) is 5.19. The maximum Gasteiger partial charge on any atom is 0.329 e. The molecule has 0 aromatic heterocycles. The van der Waals surface area contributed by atoms with Gasteiger partial charge in [-0.2, -0.15) is 0 Å². The smallest absolute Gasteiger partial charge is 0.329 e. The molecule has 0 radical (unpaired) electrons. The van der Waals surface area contributed by atoms with E-state index in [0.29, 0.717) is 5.75 Å². The van der Waals surface area contributed by atoms with Crippen molar-refractivity contribution in [3.05, 3.63) is 29.8 Å². The van der Waals surface area contributed by atoms with E-state index in [-0.39, 0.29) is 6.61 Å². The Morgan fingerprint density at radius 1 is 1.41 bits per heavy atom. The highest BCUT2D eigenvalue weighted by molar-refractivity contribution is 5.82. The molecule has 0 aliphatic rings. The normalized spacial score (nSPS) is 11.6. The summed E-state index contributed by atoms with van der Waals surface area (Å²) in [5.41, 5.74) is 0.916. The van der Waals surface area contributed by atoms with Crippen molar-refractivity contribution in [2.45, 2.75) is 19.9 Å². The zero-order valence-electron chi connectivity index (χ0n) is 9.77. The van der Waals surface area contributed by atoms with Gasteiger partial charge < -0.3 is 15.2 Å². The topological polar surface area (TPSA) is 75.6 Å². The molecular formula is C12H15NO4. The second-order valence-electron chi connectivity index (χ2n) is 3.67. The van der Waals surface area contributed by atoms with Crippen LogP contribution in [0.15, 0.2) is 24.3 Å². The van der Waals surface area contributed by atoms with Crippen LogP contribution >= 0.6 is 0 Å². The van der Waals surface area contributed by atoms with Gasteiger partial charge in [0, 0.05) is 6.92 Å². The fourth-order valence-corrected chi connectivity index (χ4v) is 1.31. The molecule has 0 saturated heterocycles. The summed E-state index contributed by atoms with van der Waals surface area (Å²) in [6.45, 7) is 3.03. The first kappa shape index (κ1) is 13.0. The van der Waals surface area contributed by atoms with Gasteiger partial charge in [-0.25, -0.2) is 4.79 Å². The van der Waals surface area contributed by atoms with Crippen LogP contribution in [-0.4, -0.2) is 29.6 Å². The molecule has 0 unspecified atom stereocenters. The molecule has 1 aromatic carbocycles. The van der Waals surface area contributed by atoms with Crippen LogP contribution in [0.1, 0.15) is 12.5 Å². The Balaban J connectivity index is 2.61. The number of aryl methyl sites for hydroxylation is 1. The molecule has 0 saturated carbocycles. The number of rotatable bonds is 5. The summed E-state index contributed by atoms with van der Waals surface area (Å²) in [5.74, 6) is -0.899. The number of aliphatic carboxylic acids is 1. The molecule has 1 aromatic rings. The number of carbonyl (C=O) groups excluding carboxylic acids is 1. The number of amides is 1. The monoisotopic (exact) mass is 237 g/mol. The maximum absolute atomic E-state index is 10.8. The van der Waals surface area contributed by atoms with Crippen molar-refractivity contribution in [2.24, 2.45) is 0 Å². The first-order valence-corrected chi connectivity index (χ1v) is 5.19. The number of nitrogens with one attached hydrogen (secondary N) is 1. The van der Waals surface area contributed by atoms with Crippen LogP contribution in [0.2, 0.25) is 0 Å². The minimum absolute atomic E-state index is 0.0975. The number of hydrogen-bond acceptors (Lipinski definition) is 3. The Morgan fingerprint density at radius 3 is 2.59 bits per heavy atom. The molecule has 1 rings (SSSR count). The Kier molecular flexibility index (Phi) is 4.51. The van der Waals surface area contributed by atoms with Crippen molar-refractivity contribution in [1.29, 1.82) is 0 Å². The van der Waals surface area contributed by atoms with Gasteiger partial charge in [0.1, 0.15) is 12.4 Å². The van der Waals surface area contributed by atoms with Gasteiger partial charge in [0.05, 0.1) is 0 Å². The summed E-state index contributed by atoms with van der Waals surface area (Å²) in [6, 6.07) is 6.25. The summed E-state index contributed by atoms with van der Waals surface area (Å²) in [4.78, 5) is 21.7. The lowest BCUT2D eigenvalue weighted by Crippen LogP contribution is -2.43. The molecule has 5 nitrogen and oxygen atoms in total. The van der Waals surface area contributed by atoms with E-state index in [1.807, 2.05) is 19.1 Å². The average Bonchev–Trinajstić information content (AvgIpc) is 2.25. The van der Waals surface area contributed by atoms with E-state index in [4.69, 9.17) is 9.84 Å². The van der Waals surface area contributed by atoms with Crippen molar-refractivity contribution in [3.63, 3.8) is 0 Å². The lowest BCUT2D eigenvalue weighted by atomic mass is 10.2. The third-order valence-corrected chi connectivity index (χ3v) is 2.17. The van der Waals surface area contributed by atoms with E-state index in [2.05, 4.69) is 5.32 Å². The molecule has 1 amide bonds. The minimum Gasteiger partial charge on any atom is -0.491 e. The standard InChI is InChI=1S/C12H15NO4/c1-8-5-3-4-6-11(8)17-7-10(12(15)16)13-9(2)14/h3-6,10H,7H2,1-2H3,(H,13,14)(H,15,16)/t10-/m0/s1. The van der Waals surface area contributed by atoms with Gasteiger partial charge >= 0.3 is 5.97 Å². The highest BCUT2D eigenvalue weighted by Crippen LogP contribution is 2.16. The van der Waals surface area contributed by atoms with Crippen LogP contribution in [0.4, 0.5) is 0 Å². The molecular weight excluding hydrogens is 222 g/mol. The number of para-hydroxylation sites is 1. The summed E-state index contributed by atoms with van der Waals surface area (Å²) < 4.78 is 5.37. The van der Waals surface area contributed by atoms with Gasteiger partial charge in [0.15, 0.2) is 6.04 Å². The van der Waals surface area contributed by atoms with Gasteiger partial charge in [-0.3, -0.25) is 4.79 Å². The highest BCUT2D eigenvalue weighted by Gasteiger charge is 2.19. The van der Waals surface area contributed by atoms with Crippen molar-refractivity contribution in [1.82, 2.24) is 5.32 Å². The molecule has 5 heteroatoms. The van der Waals surface area contributed by atoms with Gasteiger partial charge in [-0.1, -0.05) is 18.2 Å². The molecule has 0 spiro atoms. The van der Waals surface area contributed by atoms with E-state index < -0.39 is 17.9 Å². The van der Waals surface area contributed by atoms with Gasteiger partial charge in [-0.15, -0.1) is 0 Å². The Bertz CT molecular complexity index is 417. The SMILES string of the molecule is CC(=O)N[C@@H](COc1ccccc1C)C(=O)O. The molecule has 0 aliphatic heterocycles. The van der Waals surface area contributed by atoms with E-state index in [9.17, 15) is 9.59 Å². The Morgan fingerprint density at radius 2 is 2.06 bits per heavy atom. The van der Waals surface area contributed by atoms with Crippen LogP contribution in [-0.2, 0) is 9.59 Å². The molecule has 0 bridgehead atoms. The molecule has 17 heavy (non-hydrogen) atoms. The molecule has 0 fully saturated rings. The lowest BCUT2D eigenvalue weighted by molar-refractivity contribution is -0.142. The largest absolute Gasteiger partial charge is 0.491 e. The van der Waals surface area contributed by atoms with Crippen molar-refractivity contribution in [3.8, 4) is 5.75 Å². The van der Waals surface area contributed by atoms with Crippen LogP contribution in [0.5, 0.6) is 5.75 Å². The van der Waals surface area contributed by atoms with Crippen LogP contribution in [0.25, 0.3) is 0 Å². The molecule has 92 valence electrons. The van der Waals surface area contributed by atoms with Crippen molar-refractivity contribution in [2.75, 3.05) is 6.61 Å². The summed E-state index contributed by atoms with van der Waals surface area (Å²) in [7, 11) is 0. The minimum atomic E-state index is -1.12. The quantitative estimate of drug-likeness (QED) is 0.799. The zero-order valence-corrected chi connectivity index (χ0v) is 9.77. The second kappa shape index (κ2) is 5.89. The highest BCUT2D eigenvalue weighted by atomic mass is 16.5. The Labute approximate surface area is 99.4 Å². The molecule has 1 atom stereocenters. The number of carboxylic acids is 1. The molecule has 0 aliphatic carbocycles. The first-order chi connectivity index (χ1) is 8.00. The Hall–Kier alpha value is -2.04. The summed E-state index contributed by atoms with van der Waals surface area (Å²) in [5, 5.41) is 11.2. The van der Waals surface area contributed by atoms with Crippen molar-refractivity contribution < 1.29 is 19.4 Å². The molecule has 2 N–H and O–H groups in total. The number of hydrogen-bond donors (Lipinski definition) is 2. The van der Waals surface area contributed by atoms with Gasteiger partial charge in [0.2, 0.25) is 5.91 Å². The van der Waals surface area contributed by atoms with E-state index in [0.717, 1.165) is 5.56 Å². The lowest BCUT2D eigenvalue weighted by Gasteiger charge is -2.15. The maximum atomic E-state index is 10.8. The van der Waals surface area contributed by atoms with Gasteiger partial charge in [-0.05, 0) is 18.6 Å². The number of benzene rings is 1. The summed E-state index contributed by atoms with van der Waals surface area (Å²) >= 11 is 0. The third kappa shape index (κ3) is 4.14. The predicted octanol–water partition coefficient (Wildman–Crippen LogP) is 0.963. The van der Waals surface area contributed by atoms with Crippen LogP contribution < -0.4 is 10.1 Å². The third-order valence-electron chi connectivity index (χ3n) is 2.17. The van der Waals surface area contributed by atoms with Crippen LogP contribution in [0, 0.1) is 6.92 Å². The second-order valence-corrected chi connectivity index (χ2v) is 3.67. The predicted molar refractivity (Wildman–Crippen MR) is 61.9 cm³/mol. The van der Waals surface area contributed by atoms with E-state index in [1.54, 1.807) is 12.1 Å². The number of ether oxygens (including phenoxy) is 1. The fourth-order valence-electron chi connectivity index (χ4n) is 1.31. The molecule has 0 heterocycles. The number of carbonyl (C=O) groups is 2. The number of carboxylic acid groups (broad SMARTS) is 1. The summed E-state index contributed by atoms with van der Waals surface area (Å²) in [6.07, 6.45) is 0. The fraction of sp³-hybridized carbons (Fsp3) is 0.333. The zero-order chi connectivity index (χ0) is 12.8.